The lowest BCUT2D eigenvalue weighted by Gasteiger charge is -2.06. The van der Waals surface area contributed by atoms with Crippen LogP contribution in [-0.4, -0.2) is 30.8 Å². The minimum absolute atomic E-state index is 0.690. The van der Waals surface area contributed by atoms with E-state index < -0.39 is 0 Å². The highest BCUT2D eigenvalue weighted by Crippen LogP contribution is 2.33. The molecule has 1 aromatic heterocycles. The molecule has 102 valence electrons. The van der Waals surface area contributed by atoms with Gasteiger partial charge < -0.3 is 10.6 Å². The Morgan fingerprint density at radius 2 is 2.11 bits per heavy atom. The average molecular weight is 294 g/mol. The number of benzene rings is 1. The zero-order valence-electron chi connectivity index (χ0n) is 11.4. The predicted molar refractivity (Wildman–Crippen MR) is 82.3 cm³/mol. The Balaban J connectivity index is 2.12. The monoisotopic (exact) mass is 294 g/mol. The molecule has 0 radical (unpaired) electrons. The second-order valence-corrected chi connectivity index (χ2v) is 6.75. The van der Waals surface area contributed by atoms with Crippen molar-refractivity contribution >= 4 is 28.2 Å². The Morgan fingerprint density at radius 3 is 2.68 bits per heavy atom. The summed E-state index contributed by atoms with van der Waals surface area (Å²) in [5, 5.41) is 9.26. The van der Waals surface area contributed by atoms with Gasteiger partial charge in [-0.1, -0.05) is 29.2 Å². The summed E-state index contributed by atoms with van der Waals surface area (Å²) >= 11 is 3.26. The predicted octanol–water partition coefficient (Wildman–Crippen LogP) is 2.56. The van der Waals surface area contributed by atoms with Crippen LogP contribution in [0.4, 0.5) is 5.13 Å². The lowest BCUT2D eigenvalue weighted by atomic mass is 10.1. The highest BCUT2D eigenvalue weighted by Gasteiger charge is 2.08. The minimum atomic E-state index is 0.690. The van der Waals surface area contributed by atoms with Crippen molar-refractivity contribution in [3.05, 3.63) is 29.3 Å². The molecule has 0 saturated carbocycles. The maximum atomic E-state index is 5.60. The molecule has 19 heavy (non-hydrogen) atoms. The molecule has 0 bridgehead atoms. The molecule has 0 fully saturated rings. The van der Waals surface area contributed by atoms with E-state index in [0.29, 0.717) is 6.54 Å². The average Bonchev–Trinajstić information content (AvgIpc) is 2.81. The van der Waals surface area contributed by atoms with Crippen LogP contribution < -0.4 is 10.6 Å². The summed E-state index contributed by atoms with van der Waals surface area (Å²) in [5.41, 5.74) is 8.20. The van der Waals surface area contributed by atoms with E-state index in [9.17, 15) is 0 Å². The number of aromatic nitrogens is 2. The summed E-state index contributed by atoms with van der Waals surface area (Å²) in [5.74, 6) is 0. The SMILES string of the molecule is Cc1cc(Sc2nnc(N(C)C)s2)ccc1CCN. The maximum Gasteiger partial charge on any atom is 0.208 e. The first-order valence-electron chi connectivity index (χ1n) is 6.08. The van der Waals surface area contributed by atoms with Gasteiger partial charge in [0.05, 0.1) is 0 Å². The molecule has 0 aliphatic rings. The summed E-state index contributed by atoms with van der Waals surface area (Å²) in [6.45, 7) is 2.82. The van der Waals surface area contributed by atoms with E-state index in [0.717, 1.165) is 15.9 Å². The molecule has 2 rings (SSSR count). The highest BCUT2D eigenvalue weighted by atomic mass is 32.2. The first kappa shape index (κ1) is 14.3. The molecule has 2 aromatic rings. The van der Waals surface area contributed by atoms with Crippen LogP contribution in [0.2, 0.25) is 0 Å². The Labute approximate surface area is 122 Å². The Hall–Kier alpha value is -1.11. The third-order valence-electron chi connectivity index (χ3n) is 2.71. The van der Waals surface area contributed by atoms with Crippen LogP contribution in [0.25, 0.3) is 0 Å². The van der Waals surface area contributed by atoms with Gasteiger partial charge >= 0.3 is 0 Å². The maximum absolute atomic E-state index is 5.60. The van der Waals surface area contributed by atoms with Crippen molar-refractivity contribution in [2.75, 3.05) is 25.5 Å². The van der Waals surface area contributed by atoms with Gasteiger partial charge in [0, 0.05) is 19.0 Å². The summed E-state index contributed by atoms with van der Waals surface area (Å²) < 4.78 is 0.967. The third-order valence-corrected chi connectivity index (χ3v) is 4.84. The van der Waals surface area contributed by atoms with Crippen molar-refractivity contribution in [3.63, 3.8) is 0 Å². The van der Waals surface area contributed by atoms with E-state index in [-0.39, 0.29) is 0 Å². The number of nitrogens with zero attached hydrogens (tertiary/aromatic N) is 3. The molecule has 0 saturated heterocycles. The van der Waals surface area contributed by atoms with Gasteiger partial charge in [-0.05, 0) is 43.1 Å². The van der Waals surface area contributed by atoms with E-state index in [1.165, 1.54) is 16.0 Å². The Bertz CT molecular complexity index is 551. The smallest absolute Gasteiger partial charge is 0.208 e. The van der Waals surface area contributed by atoms with Crippen molar-refractivity contribution in [3.8, 4) is 0 Å². The molecule has 0 unspecified atom stereocenters. The van der Waals surface area contributed by atoms with E-state index in [2.05, 4.69) is 35.3 Å². The number of rotatable bonds is 5. The summed E-state index contributed by atoms with van der Waals surface area (Å²) in [6, 6.07) is 6.46. The van der Waals surface area contributed by atoms with Crippen molar-refractivity contribution in [2.24, 2.45) is 5.73 Å². The largest absolute Gasteiger partial charge is 0.353 e. The standard InChI is InChI=1S/C13H18N4S2/c1-9-8-11(5-4-10(9)6-7-14)18-13-16-15-12(19-13)17(2)3/h4-5,8H,6-7,14H2,1-3H3. The molecular formula is C13H18N4S2. The molecule has 0 atom stereocenters. The van der Waals surface area contributed by atoms with Crippen molar-refractivity contribution < 1.29 is 0 Å². The van der Waals surface area contributed by atoms with Gasteiger partial charge in [0.25, 0.3) is 0 Å². The Kier molecular flexibility index (Phi) is 4.79. The fourth-order valence-corrected chi connectivity index (χ4v) is 3.53. The van der Waals surface area contributed by atoms with Gasteiger partial charge in [-0.3, -0.25) is 0 Å². The molecule has 2 N–H and O–H groups in total. The van der Waals surface area contributed by atoms with Gasteiger partial charge in [-0.25, -0.2) is 0 Å². The highest BCUT2D eigenvalue weighted by molar-refractivity contribution is 8.01. The molecule has 0 spiro atoms. The van der Waals surface area contributed by atoms with Crippen molar-refractivity contribution in [1.82, 2.24) is 10.2 Å². The van der Waals surface area contributed by atoms with E-state index >= 15 is 0 Å². The van der Waals surface area contributed by atoms with Crippen LogP contribution in [-0.2, 0) is 6.42 Å². The number of anilines is 1. The molecule has 6 heteroatoms. The van der Waals surface area contributed by atoms with E-state index in [4.69, 9.17) is 5.73 Å². The molecule has 0 aliphatic carbocycles. The van der Waals surface area contributed by atoms with Crippen LogP contribution in [0.1, 0.15) is 11.1 Å². The molecule has 0 aliphatic heterocycles. The first-order valence-corrected chi connectivity index (χ1v) is 7.71. The number of hydrogen-bond donors (Lipinski definition) is 1. The topological polar surface area (TPSA) is 55.0 Å². The molecule has 4 nitrogen and oxygen atoms in total. The normalized spacial score (nSPS) is 10.7. The number of hydrogen-bond acceptors (Lipinski definition) is 6. The van der Waals surface area contributed by atoms with Crippen molar-refractivity contribution in [2.45, 2.75) is 22.6 Å². The van der Waals surface area contributed by atoms with Gasteiger partial charge in [0.1, 0.15) is 0 Å². The van der Waals surface area contributed by atoms with Crippen molar-refractivity contribution in [1.29, 1.82) is 0 Å². The molecular weight excluding hydrogens is 276 g/mol. The zero-order valence-corrected chi connectivity index (χ0v) is 13.0. The second-order valence-electron chi connectivity index (χ2n) is 4.47. The van der Waals surface area contributed by atoms with Crippen LogP contribution in [0.3, 0.4) is 0 Å². The third kappa shape index (κ3) is 3.68. The van der Waals surface area contributed by atoms with Gasteiger partial charge in [-0.2, -0.15) is 0 Å². The van der Waals surface area contributed by atoms with E-state index in [1.54, 1.807) is 23.1 Å². The van der Waals surface area contributed by atoms with Crippen LogP contribution >= 0.6 is 23.1 Å². The Morgan fingerprint density at radius 1 is 1.32 bits per heavy atom. The fourth-order valence-electron chi connectivity index (χ4n) is 1.69. The van der Waals surface area contributed by atoms with Crippen LogP contribution in [0.15, 0.2) is 27.4 Å². The minimum Gasteiger partial charge on any atom is -0.353 e. The second kappa shape index (κ2) is 6.36. The number of aryl methyl sites for hydroxylation is 1. The van der Waals surface area contributed by atoms with Gasteiger partial charge in [0.2, 0.25) is 5.13 Å². The summed E-state index contributed by atoms with van der Waals surface area (Å²) in [4.78, 5) is 3.16. The molecule has 1 heterocycles. The molecule has 0 amide bonds. The lowest BCUT2D eigenvalue weighted by Crippen LogP contribution is -2.07. The quantitative estimate of drug-likeness (QED) is 0.918. The van der Waals surface area contributed by atoms with Crippen LogP contribution in [0.5, 0.6) is 0 Å². The van der Waals surface area contributed by atoms with Gasteiger partial charge in [0.15, 0.2) is 4.34 Å². The fraction of sp³-hybridized carbons (Fsp3) is 0.385. The lowest BCUT2D eigenvalue weighted by molar-refractivity contribution is 0.954. The van der Waals surface area contributed by atoms with Gasteiger partial charge in [-0.15, -0.1) is 10.2 Å². The van der Waals surface area contributed by atoms with E-state index in [1.807, 2.05) is 19.0 Å². The summed E-state index contributed by atoms with van der Waals surface area (Å²) in [6.07, 6.45) is 0.931. The molecule has 1 aromatic carbocycles. The first-order chi connectivity index (χ1) is 9.10. The number of nitrogens with two attached hydrogens (primary N) is 1. The summed E-state index contributed by atoms with van der Waals surface area (Å²) in [7, 11) is 3.95. The van der Waals surface area contributed by atoms with Crippen LogP contribution in [0, 0.1) is 6.92 Å². The zero-order chi connectivity index (χ0) is 13.8.